The van der Waals surface area contributed by atoms with Gasteiger partial charge in [-0.15, -0.1) is 12.4 Å². The summed E-state index contributed by atoms with van der Waals surface area (Å²) in [5, 5.41) is 1.03. The van der Waals surface area contributed by atoms with E-state index >= 15 is 0 Å². The molecule has 9 heteroatoms. The first-order chi connectivity index (χ1) is 18.1. The maximum absolute atomic E-state index is 13.1. The molecule has 208 valence electrons. The fraction of sp³-hybridized carbons (Fsp3) is 0.367. The Morgan fingerprint density at radius 3 is 2.23 bits per heavy atom. The first-order valence-corrected chi connectivity index (χ1v) is 15.6. The largest absolute Gasteiger partial charge is 0.334 e. The molecule has 0 N–H and O–H groups in total. The van der Waals surface area contributed by atoms with Crippen molar-refractivity contribution < 1.29 is 13.2 Å². The molecule has 0 aromatic heterocycles. The molecule has 5 nitrogen and oxygen atoms in total. The zero-order valence-electron chi connectivity index (χ0n) is 22.0. The van der Waals surface area contributed by atoms with Crippen LogP contribution >= 0.6 is 35.6 Å². The third-order valence-electron chi connectivity index (χ3n) is 8.10. The summed E-state index contributed by atoms with van der Waals surface area (Å²) in [5.74, 6) is 0.320. The van der Waals surface area contributed by atoms with Crippen LogP contribution in [0.15, 0.2) is 71.6 Å². The van der Waals surface area contributed by atoms with Gasteiger partial charge >= 0.3 is 0 Å². The normalized spacial score (nSPS) is 19.0. The number of likely N-dealkylation sites (tertiary alicyclic amines) is 1. The summed E-state index contributed by atoms with van der Waals surface area (Å²) in [5.41, 5.74) is 3.81. The SMILES string of the molecule is CN1C(=O)c2ccccc2C1C(CCN1CCC(c2ccccc2S(C)(=O)=O)CC1)c1ccc(Cl)c(Cl)c1.Cl. The first-order valence-electron chi connectivity index (χ1n) is 13.0. The lowest BCUT2D eigenvalue weighted by molar-refractivity contribution is 0.0746. The van der Waals surface area contributed by atoms with Crippen molar-refractivity contribution in [1.82, 2.24) is 9.80 Å². The summed E-state index contributed by atoms with van der Waals surface area (Å²) in [7, 11) is -1.39. The standard InChI is InChI=1S/C30H32Cl2N2O3S.ClH/c1-33-29(24-8-3-4-9-25(24)30(33)35)23(21-11-12-26(31)27(32)19-21)15-18-34-16-13-20(14-17-34)22-7-5-6-10-28(22)38(2,36)37;/h3-12,19-20,23,29H,13-18H2,1-2H3;1H. The van der Waals surface area contributed by atoms with Crippen molar-refractivity contribution in [2.75, 3.05) is 32.9 Å². The van der Waals surface area contributed by atoms with E-state index in [-0.39, 0.29) is 36.2 Å². The summed E-state index contributed by atoms with van der Waals surface area (Å²) in [6, 6.07) is 20.9. The number of rotatable bonds is 7. The minimum atomic E-state index is -3.26. The molecular formula is C30H33Cl3N2O3S. The van der Waals surface area contributed by atoms with Gasteiger partial charge < -0.3 is 9.80 Å². The lowest BCUT2D eigenvalue weighted by Crippen LogP contribution is -2.36. The zero-order valence-corrected chi connectivity index (χ0v) is 25.2. The molecule has 5 rings (SSSR count). The first kappa shape index (κ1) is 29.9. The Hall–Kier alpha value is -2.09. The smallest absolute Gasteiger partial charge is 0.254 e. The number of sulfone groups is 1. The van der Waals surface area contributed by atoms with E-state index < -0.39 is 9.84 Å². The number of hydrogen-bond donors (Lipinski definition) is 0. The third kappa shape index (κ3) is 6.15. The number of likely N-dealkylation sites (N-methyl/N-ethyl adjacent to an activating group) is 1. The molecule has 2 atom stereocenters. The fourth-order valence-corrected chi connectivity index (χ4v) is 7.45. The minimum absolute atomic E-state index is 0. The second kappa shape index (κ2) is 12.2. The van der Waals surface area contributed by atoms with Gasteiger partial charge in [-0.3, -0.25) is 4.79 Å². The highest BCUT2D eigenvalue weighted by molar-refractivity contribution is 7.90. The van der Waals surface area contributed by atoms with Crippen molar-refractivity contribution >= 4 is 51.4 Å². The zero-order chi connectivity index (χ0) is 27.0. The van der Waals surface area contributed by atoms with Crippen LogP contribution in [0.5, 0.6) is 0 Å². The molecule has 1 amide bonds. The van der Waals surface area contributed by atoms with Gasteiger partial charge in [0.2, 0.25) is 0 Å². The van der Waals surface area contributed by atoms with Crippen LogP contribution in [0.3, 0.4) is 0 Å². The number of amides is 1. The minimum Gasteiger partial charge on any atom is -0.334 e. The molecule has 1 saturated heterocycles. The Labute approximate surface area is 247 Å². The summed E-state index contributed by atoms with van der Waals surface area (Å²) < 4.78 is 24.6. The van der Waals surface area contributed by atoms with Gasteiger partial charge in [0.15, 0.2) is 9.84 Å². The van der Waals surface area contributed by atoms with Crippen LogP contribution in [-0.4, -0.2) is 57.1 Å². The molecule has 0 spiro atoms. The van der Waals surface area contributed by atoms with E-state index in [1.54, 1.807) is 12.1 Å². The van der Waals surface area contributed by atoms with E-state index in [2.05, 4.69) is 11.0 Å². The number of halogens is 3. The Kier molecular flexibility index (Phi) is 9.34. The number of carbonyl (C=O) groups excluding carboxylic acids is 1. The van der Waals surface area contributed by atoms with Crippen molar-refractivity contribution in [2.45, 2.75) is 42.0 Å². The Bertz CT molecular complexity index is 1460. The number of benzene rings is 3. The van der Waals surface area contributed by atoms with Gasteiger partial charge in [-0.2, -0.15) is 0 Å². The maximum atomic E-state index is 13.1. The Morgan fingerprint density at radius 1 is 0.923 bits per heavy atom. The summed E-state index contributed by atoms with van der Waals surface area (Å²) >= 11 is 12.7. The van der Waals surface area contributed by atoms with Crippen LogP contribution in [-0.2, 0) is 9.84 Å². The predicted octanol–water partition coefficient (Wildman–Crippen LogP) is 7.00. The fourth-order valence-electron chi connectivity index (χ4n) is 6.16. The molecule has 2 aliphatic rings. The number of nitrogens with zero attached hydrogens (tertiary/aromatic N) is 2. The lowest BCUT2D eigenvalue weighted by Gasteiger charge is -2.36. The van der Waals surface area contributed by atoms with Crippen LogP contribution in [0.25, 0.3) is 0 Å². The Balaban J connectivity index is 0.00000353. The van der Waals surface area contributed by atoms with Crippen LogP contribution in [0.2, 0.25) is 10.0 Å². The number of fused-ring (bicyclic) bond motifs is 1. The molecular weight excluding hydrogens is 575 g/mol. The molecule has 3 aromatic rings. The molecule has 0 saturated carbocycles. The molecule has 2 unspecified atom stereocenters. The van der Waals surface area contributed by atoms with Crippen molar-refractivity contribution in [1.29, 1.82) is 0 Å². The quantitative estimate of drug-likeness (QED) is 0.290. The summed E-state index contributed by atoms with van der Waals surface area (Å²) in [6.45, 7) is 2.66. The van der Waals surface area contributed by atoms with Gasteiger partial charge in [0.05, 0.1) is 21.0 Å². The van der Waals surface area contributed by atoms with Gasteiger partial charge in [-0.25, -0.2) is 8.42 Å². The Morgan fingerprint density at radius 2 is 1.56 bits per heavy atom. The highest BCUT2D eigenvalue weighted by atomic mass is 35.5. The van der Waals surface area contributed by atoms with Crippen molar-refractivity contribution in [3.05, 3.63) is 99.0 Å². The molecule has 39 heavy (non-hydrogen) atoms. The van der Waals surface area contributed by atoms with Gasteiger partial charge in [-0.1, -0.05) is 65.7 Å². The van der Waals surface area contributed by atoms with Crippen molar-refractivity contribution in [3.8, 4) is 0 Å². The monoisotopic (exact) mass is 606 g/mol. The summed E-state index contributed by atoms with van der Waals surface area (Å²) in [6.07, 6.45) is 3.95. The number of carbonyl (C=O) groups is 1. The molecule has 0 aliphatic carbocycles. The molecule has 2 aliphatic heterocycles. The second-order valence-electron chi connectivity index (χ2n) is 10.4. The molecule has 3 aromatic carbocycles. The average Bonchev–Trinajstić information content (AvgIpc) is 3.16. The van der Waals surface area contributed by atoms with Crippen molar-refractivity contribution in [2.24, 2.45) is 0 Å². The van der Waals surface area contributed by atoms with E-state index in [1.165, 1.54) is 6.26 Å². The molecule has 0 radical (unpaired) electrons. The third-order valence-corrected chi connectivity index (χ3v) is 10.0. The van der Waals surface area contributed by atoms with E-state index in [0.29, 0.717) is 14.9 Å². The highest BCUT2D eigenvalue weighted by Crippen LogP contribution is 2.45. The number of piperidine rings is 1. The predicted molar refractivity (Wildman–Crippen MR) is 160 cm³/mol. The van der Waals surface area contributed by atoms with Crippen LogP contribution in [0.1, 0.15) is 64.2 Å². The van der Waals surface area contributed by atoms with Gasteiger partial charge in [0, 0.05) is 24.8 Å². The van der Waals surface area contributed by atoms with Crippen LogP contribution in [0.4, 0.5) is 0 Å². The van der Waals surface area contributed by atoms with Gasteiger partial charge in [-0.05, 0) is 85.8 Å². The topological polar surface area (TPSA) is 57.7 Å². The van der Waals surface area contributed by atoms with Crippen LogP contribution < -0.4 is 0 Å². The second-order valence-corrected chi connectivity index (χ2v) is 13.2. The number of hydrogen-bond acceptors (Lipinski definition) is 4. The highest BCUT2D eigenvalue weighted by Gasteiger charge is 2.39. The summed E-state index contributed by atoms with van der Waals surface area (Å²) in [4.78, 5) is 17.8. The molecule has 1 fully saturated rings. The van der Waals surface area contributed by atoms with E-state index in [0.717, 1.165) is 61.2 Å². The average molecular weight is 608 g/mol. The van der Waals surface area contributed by atoms with Crippen LogP contribution in [0, 0.1) is 0 Å². The van der Waals surface area contributed by atoms with E-state index in [1.807, 2.05) is 60.5 Å². The van der Waals surface area contributed by atoms with E-state index in [4.69, 9.17) is 23.2 Å². The van der Waals surface area contributed by atoms with Gasteiger partial charge in [0.25, 0.3) is 5.91 Å². The van der Waals surface area contributed by atoms with Gasteiger partial charge in [0.1, 0.15) is 0 Å². The lowest BCUT2D eigenvalue weighted by atomic mass is 9.84. The molecule has 0 bridgehead atoms. The van der Waals surface area contributed by atoms with Crippen molar-refractivity contribution in [3.63, 3.8) is 0 Å². The van der Waals surface area contributed by atoms with E-state index in [9.17, 15) is 13.2 Å². The molecule has 2 heterocycles. The maximum Gasteiger partial charge on any atom is 0.254 e.